The quantitative estimate of drug-likeness (QED) is 0.354. The van der Waals surface area contributed by atoms with Gasteiger partial charge in [-0.1, -0.05) is 110 Å². The molecule has 3 nitrogen and oxygen atoms in total. The van der Waals surface area contributed by atoms with Crippen molar-refractivity contribution in [2.75, 3.05) is 0 Å². The summed E-state index contributed by atoms with van der Waals surface area (Å²) in [5.41, 5.74) is 3.79. The molecule has 0 saturated heterocycles. The lowest BCUT2D eigenvalue weighted by molar-refractivity contribution is 0.249. The Morgan fingerprint density at radius 2 is 0.912 bits per heavy atom. The Morgan fingerprint density at radius 3 is 1.26 bits per heavy atom. The predicted octanol–water partition coefficient (Wildman–Crippen LogP) is 9.42. The van der Waals surface area contributed by atoms with E-state index in [4.69, 9.17) is 4.52 Å². The zero-order valence-electron chi connectivity index (χ0n) is 25.0. The van der Waals surface area contributed by atoms with Crippen LogP contribution in [0, 0.1) is 16.2 Å². The molecule has 1 aromatic carbocycles. The Kier molecular flexibility index (Phi) is 9.26. The Labute approximate surface area is 213 Å². The van der Waals surface area contributed by atoms with Gasteiger partial charge in [0, 0.05) is 5.56 Å². The fourth-order valence-corrected chi connectivity index (χ4v) is 7.26. The average Bonchev–Trinajstić information content (AvgIpc) is 2.46. The van der Waals surface area contributed by atoms with Crippen molar-refractivity contribution < 1.29 is 14.3 Å². The second kappa shape index (κ2) is 10.0. The van der Waals surface area contributed by atoms with Crippen LogP contribution in [0.3, 0.4) is 0 Å². The Morgan fingerprint density at radius 1 is 0.559 bits per heavy atom. The maximum Gasteiger partial charge on any atom is 0.391 e. The summed E-state index contributed by atoms with van der Waals surface area (Å²) in [4.78, 5) is 19.8. The molecule has 34 heavy (non-hydrogen) atoms. The van der Waals surface area contributed by atoms with Crippen LogP contribution in [0.4, 0.5) is 0 Å². The van der Waals surface area contributed by atoms with Crippen molar-refractivity contribution in [1.82, 2.24) is 0 Å². The molecule has 0 heterocycles. The minimum Gasteiger partial charge on any atom is -0.427 e. The summed E-state index contributed by atoms with van der Waals surface area (Å²) in [6.07, 6.45) is 3.01. The summed E-state index contributed by atoms with van der Waals surface area (Å²) in [6, 6.07) is 4.17. The summed E-state index contributed by atoms with van der Waals surface area (Å²) >= 11 is 0. The maximum absolute atomic E-state index is 9.89. The fraction of sp³-hybridized carbons (Fsp3) is 0.800. The molecule has 0 aromatic heterocycles. The van der Waals surface area contributed by atoms with Crippen molar-refractivity contribution >= 4 is 8.60 Å². The molecule has 0 unspecified atom stereocenters. The van der Waals surface area contributed by atoms with Gasteiger partial charge in [-0.15, -0.1) is 0 Å². The fourth-order valence-electron chi connectivity index (χ4n) is 6.94. The molecule has 2 N–H and O–H groups in total. The van der Waals surface area contributed by atoms with Gasteiger partial charge in [-0.25, -0.2) is 0 Å². The number of hydrogen-bond donors (Lipinski definition) is 2. The van der Waals surface area contributed by atoms with Crippen LogP contribution < -0.4 is 4.52 Å². The minimum absolute atomic E-state index is 0.0585. The minimum atomic E-state index is -2.51. The molecule has 0 saturated carbocycles. The summed E-state index contributed by atoms with van der Waals surface area (Å²) < 4.78 is 5.76. The maximum atomic E-state index is 9.89. The van der Waals surface area contributed by atoms with Gasteiger partial charge in [0.05, 0.1) is 0 Å². The number of hydrogen-bond acceptors (Lipinski definition) is 3. The van der Waals surface area contributed by atoms with E-state index < -0.39 is 8.60 Å². The number of rotatable bonds is 8. The van der Waals surface area contributed by atoms with Crippen LogP contribution in [0.2, 0.25) is 0 Å². The molecule has 1 aromatic rings. The van der Waals surface area contributed by atoms with Crippen LogP contribution >= 0.6 is 8.60 Å². The van der Waals surface area contributed by atoms with Crippen molar-refractivity contribution in [3.63, 3.8) is 0 Å². The molecule has 4 heteroatoms. The third-order valence-corrected chi connectivity index (χ3v) is 6.71. The second-order valence-corrected chi connectivity index (χ2v) is 16.8. The molecule has 0 aliphatic carbocycles. The third-order valence-electron chi connectivity index (χ3n) is 6.35. The van der Waals surface area contributed by atoms with E-state index >= 15 is 0 Å². The lowest BCUT2D eigenvalue weighted by atomic mass is 9.60. The lowest BCUT2D eigenvalue weighted by Gasteiger charge is -2.45. The van der Waals surface area contributed by atoms with Gasteiger partial charge in [0.15, 0.2) is 0 Å². The largest absolute Gasteiger partial charge is 0.427 e. The van der Waals surface area contributed by atoms with Gasteiger partial charge in [0.25, 0.3) is 0 Å². The topological polar surface area (TPSA) is 49.7 Å². The van der Waals surface area contributed by atoms with Crippen molar-refractivity contribution in [2.24, 2.45) is 16.2 Å². The van der Waals surface area contributed by atoms with Gasteiger partial charge in [-0.3, -0.25) is 0 Å². The summed E-state index contributed by atoms with van der Waals surface area (Å²) in [5.74, 6) is 0.609. The first-order valence-electron chi connectivity index (χ1n) is 12.8. The van der Waals surface area contributed by atoms with Crippen molar-refractivity contribution in [3.8, 4) is 5.75 Å². The average molecular weight is 495 g/mol. The van der Waals surface area contributed by atoms with Gasteiger partial charge in [-0.2, -0.15) is 0 Å². The van der Waals surface area contributed by atoms with E-state index in [1.54, 1.807) is 0 Å². The van der Waals surface area contributed by atoms with Crippen molar-refractivity contribution in [1.29, 1.82) is 0 Å². The summed E-state index contributed by atoms with van der Waals surface area (Å²) in [6.45, 7) is 34.6. The van der Waals surface area contributed by atoms with Crippen LogP contribution in [0.5, 0.6) is 5.75 Å². The zero-order valence-corrected chi connectivity index (χ0v) is 25.9. The first-order valence-corrected chi connectivity index (χ1v) is 14.0. The first kappa shape index (κ1) is 31.4. The van der Waals surface area contributed by atoms with Gasteiger partial charge in [0.2, 0.25) is 0 Å². The van der Waals surface area contributed by atoms with Gasteiger partial charge in [-0.05, 0) is 68.9 Å². The Balaban J connectivity index is 4.16. The molecule has 0 aliphatic rings. The van der Waals surface area contributed by atoms with Gasteiger partial charge < -0.3 is 14.3 Å². The van der Waals surface area contributed by atoms with Crippen LogP contribution in [0.15, 0.2) is 12.1 Å². The van der Waals surface area contributed by atoms with E-state index in [1.165, 1.54) is 11.1 Å². The first-order chi connectivity index (χ1) is 14.8. The van der Waals surface area contributed by atoms with Gasteiger partial charge in [0.1, 0.15) is 5.75 Å². The molecule has 0 radical (unpaired) electrons. The molecule has 0 amide bonds. The van der Waals surface area contributed by atoms with Gasteiger partial charge >= 0.3 is 8.60 Å². The van der Waals surface area contributed by atoms with Crippen molar-refractivity contribution in [2.45, 2.75) is 139 Å². The highest BCUT2D eigenvalue weighted by atomic mass is 31.2. The summed E-state index contributed by atoms with van der Waals surface area (Å²) in [5, 5.41) is 0. The van der Waals surface area contributed by atoms with E-state index in [2.05, 4.69) is 110 Å². The zero-order chi connectivity index (χ0) is 27.1. The monoisotopic (exact) mass is 494 g/mol. The van der Waals surface area contributed by atoms with E-state index in [1.807, 2.05) is 6.07 Å². The molecular weight excluding hydrogens is 439 g/mol. The standard InChI is InChI=1S/C30H55O3P/c1-25(2,3)18-28(10,11)21-16-17-22(33-34(31)32)24(30(14,15)20-27(7,8)9)23(21)29(12,13)19-26(4,5)6/h16-17,31-32H,18-20H2,1-15H3. The normalized spacial score (nSPS) is 14.6. The molecule has 0 fully saturated rings. The molecule has 1 rings (SSSR count). The molecule has 0 bridgehead atoms. The predicted molar refractivity (Wildman–Crippen MR) is 150 cm³/mol. The molecule has 198 valence electrons. The molecule has 0 spiro atoms. The highest BCUT2D eigenvalue weighted by Crippen LogP contribution is 2.53. The van der Waals surface area contributed by atoms with Crippen LogP contribution in [0.1, 0.15) is 140 Å². The van der Waals surface area contributed by atoms with Crippen LogP contribution in [0.25, 0.3) is 0 Å². The lowest BCUT2D eigenvalue weighted by Crippen LogP contribution is -2.36. The number of benzene rings is 1. The van der Waals surface area contributed by atoms with Crippen LogP contribution in [-0.4, -0.2) is 9.79 Å². The van der Waals surface area contributed by atoms with E-state index in [0.717, 1.165) is 24.8 Å². The smallest absolute Gasteiger partial charge is 0.391 e. The highest BCUT2D eigenvalue weighted by Gasteiger charge is 2.42. The molecular formula is C30H55O3P. The highest BCUT2D eigenvalue weighted by molar-refractivity contribution is 7.39. The summed E-state index contributed by atoms with van der Waals surface area (Å²) in [7, 11) is -2.51. The SMILES string of the molecule is CC(C)(C)CC(C)(C)c1ccc(OP(O)O)c(C(C)(C)CC(C)(C)C)c1C(C)(C)CC(C)(C)C. The third kappa shape index (κ3) is 9.11. The van der Waals surface area contributed by atoms with E-state index in [9.17, 15) is 9.79 Å². The van der Waals surface area contributed by atoms with E-state index in [0.29, 0.717) is 5.75 Å². The Hall–Kier alpha value is -0.630. The molecule has 0 atom stereocenters. The Bertz CT molecular complexity index is 828. The van der Waals surface area contributed by atoms with E-state index in [-0.39, 0.29) is 32.5 Å². The van der Waals surface area contributed by atoms with Crippen molar-refractivity contribution in [3.05, 3.63) is 28.8 Å². The second-order valence-electron chi connectivity index (χ2n) is 16.1. The molecule has 0 aliphatic heterocycles. The van der Waals surface area contributed by atoms with Crippen LogP contribution in [-0.2, 0) is 16.2 Å².